The second-order valence-electron chi connectivity index (χ2n) is 6.64. The monoisotopic (exact) mass is 258 g/mol. The second-order valence-corrected chi connectivity index (χ2v) is 6.64. The molecule has 2 fully saturated rings. The van der Waals surface area contributed by atoms with Gasteiger partial charge in [-0.25, -0.2) is 0 Å². The molecule has 19 heavy (non-hydrogen) atoms. The van der Waals surface area contributed by atoms with E-state index in [-0.39, 0.29) is 0 Å². The predicted octanol–water partition coefficient (Wildman–Crippen LogP) is 3.85. The van der Waals surface area contributed by atoms with E-state index in [1.54, 1.807) is 0 Å². The van der Waals surface area contributed by atoms with E-state index in [0.717, 1.165) is 12.1 Å². The molecule has 2 aliphatic rings. The topological polar surface area (TPSA) is 15.3 Å². The van der Waals surface area contributed by atoms with Crippen LogP contribution in [0.4, 0.5) is 5.69 Å². The molecule has 2 heterocycles. The van der Waals surface area contributed by atoms with Gasteiger partial charge in [-0.1, -0.05) is 26.0 Å². The first kappa shape index (κ1) is 13.0. The summed E-state index contributed by atoms with van der Waals surface area (Å²) < 4.78 is 0. The van der Waals surface area contributed by atoms with Crippen molar-refractivity contribution in [2.24, 2.45) is 0 Å². The first-order chi connectivity index (χ1) is 9.13. The Morgan fingerprint density at radius 1 is 1.16 bits per heavy atom. The Morgan fingerprint density at radius 3 is 2.47 bits per heavy atom. The zero-order valence-corrected chi connectivity index (χ0v) is 12.4. The van der Waals surface area contributed by atoms with Crippen LogP contribution in [0.25, 0.3) is 0 Å². The average molecular weight is 258 g/mol. The van der Waals surface area contributed by atoms with Crippen molar-refractivity contribution in [2.45, 2.75) is 63.6 Å². The standard InChI is InChI=1S/C17H26N2/c1-12(2)13-5-4-6-14(9-13)18-15-10-16-7-8-17(11-15)19(16)3/h4-6,9,12,15-18H,7-8,10-11H2,1-3H3. The van der Waals surface area contributed by atoms with Gasteiger partial charge in [-0.3, -0.25) is 0 Å². The molecule has 2 heteroatoms. The highest BCUT2D eigenvalue weighted by Gasteiger charge is 2.38. The number of benzene rings is 1. The molecule has 0 amide bonds. The zero-order chi connectivity index (χ0) is 13.4. The predicted molar refractivity (Wildman–Crippen MR) is 81.7 cm³/mol. The number of nitrogens with zero attached hydrogens (tertiary/aromatic N) is 1. The fourth-order valence-corrected chi connectivity index (χ4v) is 3.75. The number of rotatable bonds is 3. The van der Waals surface area contributed by atoms with E-state index in [9.17, 15) is 0 Å². The van der Waals surface area contributed by atoms with Crippen molar-refractivity contribution in [2.75, 3.05) is 12.4 Å². The average Bonchev–Trinajstić information content (AvgIpc) is 2.63. The van der Waals surface area contributed by atoms with Crippen molar-refractivity contribution in [1.29, 1.82) is 0 Å². The van der Waals surface area contributed by atoms with Gasteiger partial charge >= 0.3 is 0 Å². The lowest BCUT2D eigenvalue weighted by atomic mass is 9.97. The number of nitrogens with one attached hydrogen (secondary N) is 1. The van der Waals surface area contributed by atoms with Gasteiger partial charge in [0.1, 0.15) is 0 Å². The van der Waals surface area contributed by atoms with Crippen LogP contribution in [0.2, 0.25) is 0 Å². The van der Waals surface area contributed by atoms with Gasteiger partial charge in [-0.15, -0.1) is 0 Å². The molecule has 2 atom stereocenters. The highest BCUT2D eigenvalue weighted by Crippen LogP contribution is 2.35. The molecule has 2 nitrogen and oxygen atoms in total. The molecule has 0 saturated carbocycles. The Morgan fingerprint density at radius 2 is 1.84 bits per heavy atom. The Hall–Kier alpha value is -1.02. The van der Waals surface area contributed by atoms with E-state index in [0.29, 0.717) is 12.0 Å². The lowest BCUT2D eigenvalue weighted by molar-refractivity contribution is 0.169. The molecular weight excluding hydrogens is 232 g/mol. The molecule has 0 aromatic heterocycles. The van der Waals surface area contributed by atoms with E-state index < -0.39 is 0 Å². The second kappa shape index (κ2) is 5.16. The van der Waals surface area contributed by atoms with Crippen molar-refractivity contribution in [3.05, 3.63) is 29.8 Å². The van der Waals surface area contributed by atoms with Crippen molar-refractivity contribution in [3.8, 4) is 0 Å². The largest absolute Gasteiger partial charge is 0.382 e. The van der Waals surface area contributed by atoms with E-state index in [4.69, 9.17) is 0 Å². The van der Waals surface area contributed by atoms with Gasteiger partial charge in [0.05, 0.1) is 0 Å². The van der Waals surface area contributed by atoms with Gasteiger partial charge in [0.25, 0.3) is 0 Å². The summed E-state index contributed by atoms with van der Waals surface area (Å²) in [7, 11) is 2.30. The minimum Gasteiger partial charge on any atom is -0.382 e. The number of fused-ring (bicyclic) bond motifs is 2. The normalized spacial score (nSPS) is 30.8. The van der Waals surface area contributed by atoms with Gasteiger partial charge in [-0.2, -0.15) is 0 Å². The SMILES string of the molecule is CC(C)c1cccc(NC2CC3CCC(C2)N3C)c1. The van der Waals surface area contributed by atoms with Crippen LogP contribution in [0.3, 0.4) is 0 Å². The summed E-state index contributed by atoms with van der Waals surface area (Å²) in [6, 6.07) is 11.2. The Labute approximate surface area is 117 Å². The van der Waals surface area contributed by atoms with Crippen molar-refractivity contribution < 1.29 is 0 Å². The van der Waals surface area contributed by atoms with E-state index in [1.165, 1.54) is 36.9 Å². The highest BCUT2D eigenvalue weighted by atomic mass is 15.2. The summed E-state index contributed by atoms with van der Waals surface area (Å²) in [5.74, 6) is 0.607. The Kier molecular flexibility index (Phi) is 3.53. The molecule has 0 aliphatic carbocycles. The number of piperidine rings is 1. The van der Waals surface area contributed by atoms with Crippen molar-refractivity contribution in [1.82, 2.24) is 4.90 Å². The summed E-state index contributed by atoms with van der Waals surface area (Å²) in [4.78, 5) is 2.60. The minimum absolute atomic E-state index is 0.607. The van der Waals surface area contributed by atoms with Crippen LogP contribution < -0.4 is 5.32 Å². The van der Waals surface area contributed by atoms with Gasteiger partial charge < -0.3 is 10.2 Å². The van der Waals surface area contributed by atoms with Crippen LogP contribution in [0.5, 0.6) is 0 Å². The molecule has 0 radical (unpaired) electrons. The van der Waals surface area contributed by atoms with Crippen molar-refractivity contribution >= 4 is 5.69 Å². The summed E-state index contributed by atoms with van der Waals surface area (Å²) in [5, 5.41) is 3.77. The smallest absolute Gasteiger partial charge is 0.0345 e. The molecule has 1 aromatic rings. The first-order valence-corrected chi connectivity index (χ1v) is 7.72. The Bertz CT molecular complexity index is 427. The number of hydrogen-bond acceptors (Lipinski definition) is 2. The molecular formula is C17H26N2. The summed E-state index contributed by atoms with van der Waals surface area (Å²) in [5.41, 5.74) is 2.74. The van der Waals surface area contributed by atoms with E-state index >= 15 is 0 Å². The molecule has 2 aliphatic heterocycles. The van der Waals surface area contributed by atoms with Gasteiger partial charge in [0, 0.05) is 23.8 Å². The van der Waals surface area contributed by atoms with Crippen LogP contribution in [0, 0.1) is 0 Å². The van der Waals surface area contributed by atoms with Crippen LogP contribution in [-0.2, 0) is 0 Å². The molecule has 0 spiro atoms. The lowest BCUT2D eigenvalue weighted by Gasteiger charge is -2.37. The maximum Gasteiger partial charge on any atom is 0.0345 e. The molecule has 3 rings (SSSR count). The van der Waals surface area contributed by atoms with Gasteiger partial charge in [-0.05, 0) is 56.3 Å². The van der Waals surface area contributed by atoms with Crippen LogP contribution in [0.1, 0.15) is 51.0 Å². The minimum atomic E-state index is 0.607. The van der Waals surface area contributed by atoms with E-state index in [2.05, 4.69) is 55.4 Å². The van der Waals surface area contributed by atoms with Crippen LogP contribution in [0.15, 0.2) is 24.3 Å². The van der Waals surface area contributed by atoms with Gasteiger partial charge in [0.15, 0.2) is 0 Å². The maximum absolute atomic E-state index is 3.77. The third-order valence-electron chi connectivity index (χ3n) is 5.02. The zero-order valence-electron chi connectivity index (χ0n) is 12.4. The molecule has 1 N–H and O–H groups in total. The summed E-state index contributed by atoms with van der Waals surface area (Å²) in [6.45, 7) is 4.52. The fourth-order valence-electron chi connectivity index (χ4n) is 3.75. The van der Waals surface area contributed by atoms with Crippen LogP contribution in [-0.4, -0.2) is 30.1 Å². The maximum atomic E-state index is 3.77. The molecule has 2 unspecified atom stereocenters. The molecule has 2 bridgehead atoms. The summed E-state index contributed by atoms with van der Waals surface area (Å²) >= 11 is 0. The highest BCUT2D eigenvalue weighted by molar-refractivity contribution is 5.47. The third kappa shape index (κ3) is 2.64. The van der Waals surface area contributed by atoms with E-state index in [1.807, 2.05) is 0 Å². The lowest BCUT2D eigenvalue weighted by Crippen LogP contribution is -2.44. The number of anilines is 1. The fraction of sp³-hybridized carbons (Fsp3) is 0.647. The van der Waals surface area contributed by atoms with Gasteiger partial charge in [0.2, 0.25) is 0 Å². The Balaban J connectivity index is 1.67. The summed E-state index contributed by atoms with van der Waals surface area (Å²) in [6.07, 6.45) is 5.40. The molecule has 1 aromatic carbocycles. The molecule has 2 saturated heterocycles. The number of hydrogen-bond donors (Lipinski definition) is 1. The quantitative estimate of drug-likeness (QED) is 0.886. The first-order valence-electron chi connectivity index (χ1n) is 7.72. The van der Waals surface area contributed by atoms with Crippen LogP contribution >= 0.6 is 0 Å². The van der Waals surface area contributed by atoms with Crippen molar-refractivity contribution in [3.63, 3.8) is 0 Å². The third-order valence-corrected chi connectivity index (χ3v) is 5.02. The molecule has 104 valence electrons.